The normalized spacial score (nSPS) is 14.5. The van der Waals surface area contributed by atoms with Crippen LogP contribution in [-0.4, -0.2) is 24.0 Å². The molecule has 1 N–H and O–H groups in total. The fraction of sp³-hybridized carbons (Fsp3) is 0.273. The molecule has 0 aliphatic heterocycles. The predicted octanol–water partition coefficient (Wildman–Crippen LogP) is 4.87. The number of nitrogens with zero attached hydrogens (tertiary/aromatic N) is 2. The molecule has 1 aliphatic rings. The van der Waals surface area contributed by atoms with Crippen molar-refractivity contribution in [1.29, 1.82) is 0 Å². The molecular formula is C22H23N3O. The molecule has 0 bridgehead atoms. The highest BCUT2D eigenvalue weighted by molar-refractivity contribution is 6.05. The van der Waals surface area contributed by atoms with E-state index in [1.54, 1.807) is 6.20 Å². The van der Waals surface area contributed by atoms with E-state index in [1.807, 2.05) is 54.6 Å². The van der Waals surface area contributed by atoms with Gasteiger partial charge in [0.15, 0.2) is 0 Å². The topological polar surface area (TPSA) is 45.2 Å². The molecule has 0 spiro atoms. The fourth-order valence-corrected chi connectivity index (χ4v) is 3.69. The molecule has 132 valence electrons. The lowest BCUT2D eigenvalue weighted by Crippen LogP contribution is -2.28. The van der Waals surface area contributed by atoms with Crippen LogP contribution in [0.1, 0.15) is 36.0 Å². The first-order chi connectivity index (χ1) is 12.7. The van der Waals surface area contributed by atoms with Crippen LogP contribution in [0.15, 0.2) is 60.8 Å². The first-order valence-corrected chi connectivity index (χ1v) is 9.20. The SMILES string of the molecule is CN(c1ccc(C(=O)Nc2cnc3ccccc3c2)cc1)C1CCCC1. The number of anilines is 2. The monoisotopic (exact) mass is 345 g/mol. The molecule has 4 rings (SSSR count). The maximum Gasteiger partial charge on any atom is 0.255 e. The summed E-state index contributed by atoms with van der Waals surface area (Å²) in [5.41, 5.74) is 3.45. The Kier molecular flexibility index (Phi) is 4.57. The first kappa shape index (κ1) is 16.6. The molecule has 1 aromatic heterocycles. The summed E-state index contributed by atoms with van der Waals surface area (Å²) in [6, 6.07) is 18.3. The van der Waals surface area contributed by atoms with E-state index in [9.17, 15) is 4.79 Å². The Morgan fingerprint density at radius 2 is 1.81 bits per heavy atom. The standard InChI is InChI=1S/C22H23N3O/c1-25(19-7-3-4-8-19)20-12-10-16(11-13-20)22(26)24-18-14-17-6-2-5-9-21(17)23-15-18/h2,5-6,9-15,19H,3-4,7-8H2,1H3,(H,24,26). The highest BCUT2D eigenvalue weighted by Gasteiger charge is 2.20. The van der Waals surface area contributed by atoms with Gasteiger partial charge in [-0.1, -0.05) is 31.0 Å². The van der Waals surface area contributed by atoms with Crippen LogP contribution in [0.3, 0.4) is 0 Å². The van der Waals surface area contributed by atoms with Crippen LogP contribution in [0.2, 0.25) is 0 Å². The number of hydrogen-bond donors (Lipinski definition) is 1. The van der Waals surface area contributed by atoms with Crippen molar-refractivity contribution in [2.75, 3.05) is 17.3 Å². The molecule has 0 atom stereocenters. The van der Waals surface area contributed by atoms with Gasteiger partial charge in [-0.2, -0.15) is 0 Å². The minimum Gasteiger partial charge on any atom is -0.372 e. The van der Waals surface area contributed by atoms with Crippen LogP contribution < -0.4 is 10.2 Å². The van der Waals surface area contributed by atoms with E-state index < -0.39 is 0 Å². The van der Waals surface area contributed by atoms with Crippen molar-refractivity contribution in [1.82, 2.24) is 4.98 Å². The maximum absolute atomic E-state index is 12.5. The summed E-state index contributed by atoms with van der Waals surface area (Å²) in [4.78, 5) is 19.3. The number of aromatic nitrogens is 1. The lowest BCUT2D eigenvalue weighted by Gasteiger charge is -2.26. The lowest BCUT2D eigenvalue weighted by molar-refractivity contribution is 0.102. The van der Waals surface area contributed by atoms with E-state index in [4.69, 9.17) is 0 Å². The molecule has 4 nitrogen and oxygen atoms in total. The molecular weight excluding hydrogens is 322 g/mol. The zero-order valence-electron chi connectivity index (χ0n) is 15.0. The Labute approximate surface area is 153 Å². The Hall–Kier alpha value is -2.88. The molecule has 1 heterocycles. The van der Waals surface area contributed by atoms with E-state index in [0.29, 0.717) is 17.3 Å². The molecule has 0 saturated heterocycles. The van der Waals surface area contributed by atoms with Gasteiger partial charge >= 0.3 is 0 Å². The van der Waals surface area contributed by atoms with Gasteiger partial charge in [-0.15, -0.1) is 0 Å². The summed E-state index contributed by atoms with van der Waals surface area (Å²) in [5.74, 6) is -0.114. The molecule has 1 amide bonds. The maximum atomic E-state index is 12.5. The minimum absolute atomic E-state index is 0.114. The van der Waals surface area contributed by atoms with Gasteiger partial charge < -0.3 is 10.2 Å². The average Bonchev–Trinajstić information content (AvgIpc) is 3.22. The lowest BCUT2D eigenvalue weighted by atomic mass is 10.1. The summed E-state index contributed by atoms with van der Waals surface area (Å²) in [7, 11) is 2.14. The molecule has 0 radical (unpaired) electrons. The van der Waals surface area contributed by atoms with E-state index in [1.165, 1.54) is 31.4 Å². The first-order valence-electron chi connectivity index (χ1n) is 9.20. The van der Waals surface area contributed by atoms with E-state index in [2.05, 4.69) is 22.2 Å². The number of pyridine rings is 1. The third kappa shape index (κ3) is 3.40. The largest absolute Gasteiger partial charge is 0.372 e. The molecule has 1 fully saturated rings. The number of fused-ring (bicyclic) bond motifs is 1. The van der Waals surface area contributed by atoms with Crippen LogP contribution in [-0.2, 0) is 0 Å². The van der Waals surface area contributed by atoms with Crippen molar-refractivity contribution in [3.8, 4) is 0 Å². The summed E-state index contributed by atoms with van der Waals surface area (Å²) in [5, 5.41) is 3.95. The average molecular weight is 345 g/mol. The molecule has 1 saturated carbocycles. The summed E-state index contributed by atoms with van der Waals surface area (Å²) in [6.45, 7) is 0. The number of carbonyl (C=O) groups is 1. The number of benzene rings is 2. The molecule has 4 heteroatoms. The highest BCUT2D eigenvalue weighted by atomic mass is 16.1. The van der Waals surface area contributed by atoms with Gasteiger partial charge in [0.1, 0.15) is 0 Å². The van der Waals surface area contributed by atoms with Crippen molar-refractivity contribution < 1.29 is 4.79 Å². The Morgan fingerprint density at radius 1 is 1.08 bits per heavy atom. The fourth-order valence-electron chi connectivity index (χ4n) is 3.69. The van der Waals surface area contributed by atoms with Gasteiger partial charge in [0.2, 0.25) is 0 Å². The van der Waals surface area contributed by atoms with Crippen LogP contribution in [0.25, 0.3) is 10.9 Å². The second kappa shape index (κ2) is 7.16. The van der Waals surface area contributed by atoms with Crippen LogP contribution in [0.5, 0.6) is 0 Å². The van der Waals surface area contributed by atoms with Crippen molar-refractivity contribution in [2.45, 2.75) is 31.7 Å². The highest BCUT2D eigenvalue weighted by Crippen LogP contribution is 2.27. The minimum atomic E-state index is -0.114. The van der Waals surface area contributed by atoms with Crippen molar-refractivity contribution in [3.05, 3.63) is 66.4 Å². The zero-order chi connectivity index (χ0) is 17.9. The Bertz CT molecular complexity index is 914. The second-order valence-corrected chi connectivity index (χ2v) is 6.97. The molecule has 1 aliphatic carbocycles. The van der Waals surface area contributed by atoms with Crippen LogP contribution in [0.4, 0.5) is 11.4 Å². The summed E-state index contributed by atoms with van der Waals surface area (Å²) < 4.78 is 0. The Balaban J connectivity index is 1.47. The number of nitrogens with one attached hydrogen (secondary N) is 1. The number of carbonyl (C=O) groups excluding carboxylic acids is 1. The number of hydrogen-bond acceptors (Lipinski definition) is 3. The molecule has 2 aromatic carbocycles. The van der Waals surface area contributed by atoms with Crippen LogP contribution >= 0.6 is 0 Å². The van der Waals surface area contributed by atoms with Crippen molar-refractivity contribution in [2.24, 2.45) is 0 Å². The smallest absolute Gasteiger partial charge is 0.255 e. The van der Waals surface area contributed by atoms with Crippen molar-refractivity contribution >= 4 is 28.2 Å². The second-order valence-electron chi connectivity index (χ2n) is 6.97. The van der Waals surface area contributed by atoms with Gasteiger partial charge in [0.25, 0.3) is 5.91 Å². The van der Waals surface area contributed by atoms with Gasteiger partial charge in [0.05, 0.1) is 17.4 Å². The van der Waals surface area contributed by atoms with Gasteiger partial charge in [0, 0.05) is 29.7 Å². The summed E-state index contributed by atoms with van der Waals surface area (Å²) >= 11 is 0. The molecule has 0 unspecified atom stereocenters. The van der Waals surface area contributed by atoms with Crippen LogP contribution in [0, 0.1) is 0 Å². The summed E-state index contributed by atoms with van der Waals surface area (Å²) in [6.07, 6.45) is 6.84. The van der Waals surface area contributed by atoms with Gasteiger partial charge in [-0.25, -0.2) is 0 Å². The quantitative estimate of drug-likeness (QED) is 0.734. The molecule has 3 aromatic rings. The van der Waals surface area contributed by atoms with E-state index in [-0.39, 0.29) is 5.91 Å². The molecule has 26 heavy (non-hydrogen) atoms. The Morgan fingerprint density at radius 3 is 2.58 bits per heavy atom. The van der Waals surface area contributed by atoms with Crippen molar-refractivity contribution in [3.63, 3.8) is 0 Å². The van der Waals surface area contributed by atoms with E-state index in [0.717, 1.165) is 10.9 Å². The van der Waals surface area contributed by atoms with Gasteiger partial charge in [-0.05, 0) is 49.2 Å². The van der Waals surface area contributed by atoms with E-state index >= 15 is 0 Å². The number of rotatable bonds is 4. The van der Waals surface area contributed by atoms with Gasteiger partial charge in [-0.3, -0.25) is 9.78 Å². The number of para-hydroxylation sites is 1. The third-order valence-electron chi connectivity index (χ3n) is 5.26. The third-order valence-corrected chi connectivity index (χ3v) is 5.26. The predicted molar refractivity (Wildman–Crippen MR) is 107 cm³/mol. The zero-order valence-corrected chi connectivity index (χ0v) is 15.0. The number of amides is 1.